The van der Waals surface area contributed by atoms with Crippen LogP contribution in [0.3, 0.4) is 0 Å². The van der Waals surface area contributed by atoms with E-state index in [0.717, 1.165) is 12.0 Å². The summed E-state index contributed by atoms with van der Waals surface area (Å²) in [6.45, 7) is 5.29. The molecule has 1 aromatic heterocycles. The maximum atomic E-state index is 11.2. The average Bonchev–Trinajstić information content (AvgIpc) is 2.64. The number of carbonyl (C=O) groups is 2. The molecule has 2 amide bonds. The lowest BCUT2D eigenvalue weighted by molar-refractivity contribution is -0.118. The zero-order valence-electron chi connectivity index (χ0n) is 16.5. The van der Waals surface area contributed by atoms with Crippen LogP contribution in [0.15, 0.2) is 30.5 Å². The monoisotopic (exact) mass is 438 g/mol. The van der Waals surface area contributed by atoms with E-state index in [-0.39, 0.29) is 30.3 Å². The van der Waals surface area contributed by atoms with Crippen LogP contribution < -0.4 is 21.1 Å². The first-order chi connectivity index (χ1) is 13.7. The standard InChI is InChI=1S/C20H24Cl2N4O3/c1-4-16(25-11(2)9-17(23)28)14-6-7-15(21)20(19(14)22)29-13-5-8-18(24-10-13)26-12(3)27/h5-8,10-11,16,25H,4,9H2,1-3H3,(H2,23,28)(H,24,26,27)/t11-,16+/m0/s1. The number of rotatable bonds is 9. The predicted octanol–water partition coefficient (Wildman–Crippen LogP) is 4.44. The highest BCUT2D eigenvalue weighted by atomic mass is 35.5. The van der Waals surface area contributed by atoms with Gasteiger partial charge in [-0.25, -0.2) is 4.98 Å². The van der Waals surface area contributed by atoms with Gasteiger partial charge in [0.15, 0.2) is 5.75 Å². The molecule has 0 bridgehead atoms. The molecule has 1 aromatic carbocycles. The molecule has 0 aliphatic carbocycles. The smallest absolute Gasteiger partial charge is 0.222 e. The van der Waals surface area contributed by atoms with Gasteiger partial charge in [0.25, 0.3) is 0 Å². The highest BCUT2D eigenvalue weighted by Gasteiger charge is 2.21. The number of nitrogens with one attached hydrogen (secondary N) is 2. The Morgan fingerprint density at radius 3 is 2.52 bits per heavy atom. The van der Waals surface area contributed by atoms with Crippen molar-refractivity contribution in [2.45, 2.75) is 45.7 Å². The molecule has 0 fully saturated rings. The number of pyridine rings is 1. The maximum Gasteiger partial charge on any atom is 0.222 e. The van der Waals surface area contributed by atoms with Crippen LogP contribution in [0.25, 0.3) is 0 Å². The second-order valence-corrected chi connectivity index (χ2v) is 7.43. The summed E-state index contributed by atoms with van der Waals surface area (Å²) in [5.74, 6) is 0.551. The Hall–Kier alpha value is -2.35. The van der Waals surface area contributed by atoms with Gasteiger partial charge in [0.05, 0.1) is 16.2 Å². The normalized spacial score (nSPS) is 12.9. The molecule has 29 heavy (non-hydrogen) atoms. The number of hydrogen-bond acceptors (Lipinski definition) is 5. The third-order valence-electron chi connectivity index (χ3n) is 4.12. The minimum Gasteiger partial charge on any atom is -0.453 e. The topological polar surface area (TPSA) is 106 Å². The average molecular weight is 439 g/mol. The maximum absolute atomic E-state index is 11.2. The molecule has 4 N–H and O–H groups in total. The van der Waals surface area contributed by atoms with Crippen LogP contribution in [0.1, 0.15) is 45.2 Å². The number of benzene rings is 1. The fourth-order valence-electron chi connectivity index (χ4n) is 2.85. The van der Waals surface area contributed by atoms with E-state index in [2.05, 4.69) is 15.6 Å². The number of nitrogens with two attached hydrogens (primary N) is 1. The molecule has 2 atom stereocenters. The lowest BCUT2D eigenvalue weighted by atomic mass is 10.0. The van der Waals surface area contributed by atoms with Crippen molar-refractivity contribution < 1.29 is 14.3 Å². The van der Waals surface area contributed by atoms with Crippen LogP contribution >= 0.6 is 23.2 Å². The molecule has 0 aliphatic rings. The number of anilines is 1. The van der Waals surface area contributed by atoms with Gasteiger partial charge < -0.3 is 21.1 Å². The summed E-state index contributed by atoms with van der Waals surface area (Å²) in [6.07, 6.45) is 2.42. The van der Waals surface area contributed by atoms with Crippen molar-refractivity contribution in [1.82, 2.24) is 10.3 Å². The van der Waals surface area contributed by atoms with E-state index in [9.17, 15) is 9.59 Å². The fraction of sp³-hybridized carbons (Fsp3) is 0.350. The van der Waals surface area contributed by atoms with Crippen LogP contribution in [0, 0.1) is 0 Å². The van der Waals surface area contributed by atoms with E-state index >= 15 is 0 Å². The summed E-state index contributed by atoms with van der Waals surface area (Å²) in [5.41, 5.74) is 6.07. The highest BCUT2D eigenvalue weighted by Crippen LogP contribution is 2.41. The van der Waals surface area contributed by atoms with Gasteiger partial charge in [0, 0.05) is 25.4 Å². The van der Waals surface area contributed by atoms with Crippen molar-refractivity contribution in [2.75, 3.05) is 5.32 Å². The molecule has 0 aliphatic heterocycles. The number of aromatic nitrogens is 1. The van der Waals surface area contributed by atoms with Crippen LogP contribution in [0.2, 0.25) is 10.0 Å². The third-order valence-corrected chi connectivity index (χ3v) is 4.80. The Kier molecular flexibility index (Phi) is 8.25. The molecule has 0 spiro atoms. The number of hydrogen-bond donors (Lipinski definition) is 3. The third kappa shape index (κ3) is 6.59. The summed E-state index contributed by atoms with van der Waals surface area (Å²) in [5, 5.41) is 6.66. The lowest BCUT2D eigenvalue weighted by Gasteiger charge is -2.24. The van der Waals surface area contributed by atoms with Gasteiger partial charge in [0.2, 0.25) is 11.8 Å². The summed E-state index contributed by atoms with van der Waals surface area (Å²) in [7, 11) is 0. The molecule has 0 saturated carbocycles. The molecule has 0 unspecified atom stereocenters. The zero-order chi connectivity index (χ0) is 21.6. The Morgan fingerprint density at radius 2 is 1.97 bits per heavy atom. The summed E-state index contributed by atoms with van der Waals surface area (Å²) >= 11 is 12.9. The first-order valence-corrected chi connectivity index (χ1v) is 9.90. The van der Waals surface area contributed by atoms with Crippen LogP contribution in [0.5, 0.6) is 11.5 Å². The lowest BCUT2D eigenvalue weighted by Crippen LogP contribution is -2.34. The molecule has 0 saturated heterocycles. The van der Waals surface area contributed by atoms with Gasteiger partial charge >= 0.3 is 0 Å². The molecular formula is C20H24Cl2N4O3. The van der Waals surface area contributed by atoms with E-state index in [0.29, 0.717) is 27.4 Å². The van der Waals surface area contributed by atoms with Crippen molar-refractivity contribution in [2.24, 2.45) is 5.73 Å². The quantitative estimate of drug-likeness (QED) is 0.536. The van der Waals surface area contributed by atoms with Gasteiger partial charge in [0.1, 0.15) is 11.6 Å². The van der Waals surface area contributed by atoms with Gasteiger partial charge in [-0.1, -0.05) is 36.2 Å². The second kappa shape index (κ2) is 10.4. The van der Waals surface area contributed by atoms with Gasteiger partial charge in [-0.05, 0) is 37.1 Å². The molecular weight excluding hydrogens is 415 g/mol. The summed E-state index contributed by atoms with van der Waals surface area (Å²) < 4.78 is 5.86. The number of primary amides is 1. The number of ether oxygens (including phenoxy) is 1. The Morgan fingerprint density at radius 1 is 1.24 bits per heavy atom. The minimum absolute atomic E-state index is 0.112. The number of halogens is 2. The number of nitrogens with zero attached hydrogens (tertiary/aromatic N) is 1. The highest BCUT2D eigenvalue weighted by molar-refractivity contribution is 6.37. The summed E-state index contributed by atoms with van der Waals surface area (Å²) in [4.78, 5) is 26.4. The molecule has 7 nitrogen and oxygen atoms in total. The van der Waals surface area contributed by atoms with E-state index in [1.807, 2.05) is 19.9 Å². The fourth-order valence-corrected chi connectivity index (χ4v) is 3.43. The largest absolute Gasteiger partial charge is 0.453 e. The number of carbonyl (C=O) groups excluding carboxylic acids is 2. The van der Waals surface area contributed by atoms with Crippen molar-refractivity contribution in [3.05, 3.63) is 46.1 Å². The van der Waals surface area contributed by atoms with Crippen molar-refractivity contribution in [3.8, 4) is 11.5 Å². The van der Waals surface area contributed by atoms with E-state index in [4.69, 9.17) is 33.7 Å². The number of amides is 2. The first-order valence-electron chi connectivity index (χ1n) is 9.15. The van der Waals surface area contributed by atoms with Crippen LogP contribution in [0.4, 0.5) is 5.82 Å². The van der Waals surface area contributed by atoms with Crippen molar-refractivity contribution >= 4 is 40.8 Å². The van der Waals surface area contributed by atoms with E-state index in [1.54, 1.807) is 18.2 Å². The molecule has 2 aromatic rings. The molecule has 2 rings (SSSR count). The van der Waals surface area contributed by atoms with E-state index in [1.165, 1.54) is 13.1 Å². The zero-order valence-corrected chi connectivity index (χ0v) is 18.0. The molecule has 156 valence electrons. The minimum atomic E-state index is -0.374. The molecule has 9 heteroatoms. The molecule has 1 heterocycles. The van der Waals surface area contributed by atoms with Gasteiger partial charge in [-0.3, -0.25) is 9.59 Å². The van der Waals surface area contributed by atoms with Gasteiger partial charge in [-0.15, -0.1) is 0 Å². The summed E-state index contributed by atoms with van der Waals surface area (Å²) in [6, 6.07) is 6.58. The van der Waals surface area contributed by atoms with Crippen LogP contribution in [-0.2, 0) is 9.59 Å². The first kappa shape index (κ1) is 22.9. The molecule has 0 radical (unpaired) electrons. The SMILES string of the molecule is CC[C@@H](N[C@@H](C)CC(N)=O)c1ccc(Cl)c(Oc2ccc(NC(C)=O)nc2)c1Cl. The van der Waals surface area contributed by atoms with Crippen LogP contribution in [-0.4, -0.2) is 22.8 Å². The Balaban J connectivity index is 2.25. The second-order valence-electron chi connectivity index (χ2n) is 6.64. The van der Waals surface area contributed by atoms with Crippen molar-refractivity contribution in [3.63, 3.8) is 0 Å². The van der Waals surface area contributed by atoms with E-state index < -0.39 is 0 Å². The Labute approximate surface area is 179 Å². The Bertz CT molecular complexity index is 875. The van der Waals surface area contributed by atoms with Crippen molar-refractivity contribution in [1.29, 1.82) is 0 Å². The van der Waals surface area contributed by atoms with Gasteiger partial charge in [-0.2, -0.15) is 0 Å². The predicted molar refractivity (Wildman–Crippen MR) is 115 cm³/mol.